The molecule has 0 aliphatic carbocycles. The van der Waals surface area contributed by atoms with Gasteiger partial charge in [0.1, 0.15) is 0 Å². The van der Waals surface area contributed by atoms with Gasteiger partial charge in [-0.1, -0.05) is 56.0 Å². The Morgan fingerprint density at radius 2 is 2.22 bits per heavy atom. The van der Waals surface area contributed by atoms with Crippen LogP contribution in [-0.4, -0.2) is 36.5 Å². The van der Waals surface area contributed by atoms with E-state index < -0.39 is 0 Å². The molecule has 124 valence electrons. The molecule has 3 heteroatoms. The van der Waals surface area contributed by atoms with Gasteiger partial charge >= 0.3 is 0 Å². The van der Waals surface area contributed by atoms with Crippen LogP contribution >= 0.6 is 0 Å². The molecule has 1 unspecified atom stereocenters. The molecule has 1 N–H and O–H groups in total. The summed E-state index contributed by atoms with van der Waals surface area (Å²) in [5.41, 5.74) is 2.41. The van der Waals surface area contributed by atoms with Crippen molar-refractivity contribution in [2.75, 3.05) is 19.6 Å². The number of nitrogens with zero attached hydrogens (tertiary/aromatic N) is 1. The number of carbonyl (C=O) groups excluding carboxylic acids is 1. The number of hydrogen-bond donors (Lipinski definition) is 1. The van der Waals surface area contributed by atoms with Crippen molar-refractivity contribution in [3.05, 3.63) is 35.4 Å². The fourth-order valence-corrected chi connectivity index (χ4v) is 3.19. The maximum absolute atomic E-state index is 12.6. The van der Waals surface area contributed by atoms with E-state index >= 15 is 0 Å². The maximum atomic E-state index is 12.6. The normalized spacial score (nSPS) is 19.1. The summed E-state index contributed by atoms with van der Waals surface area (Å²) in [6.45, 7) is 8.54. The van der Waals surface area contributed by atoms with Crippen molar-refractivity contribution in [1.29, 1.82) is 0 Å². The second-order valence-corrected chi connectivity index (χ2v) is 7.16. The standard InChI is InChI=1S/C20H28N2O/c1-5-12-22-13-7-6-11-18(22)19(23)21-15-20(3,4)17-10-8-9-16(2)14-17/h1,8-10,14,18H,6-7,11-13,15H2,2-4H3,(H,21,23). The fraction of sp³-hybridized carbons (Fsp3) is 0.550. The third-order valence-electron chi connectivity index (χ3n) is 4.71. The molecular weight excluding hydrogens is 284 g/mol. The second-order valence-electron chi connectivity index (χ2n) is 7.16. The highest BCUT2D eigenvalue weighted by Crippen LogP contribution is 2.23. The lowest BCUT2D eigenvalue weighted by atomic mass is 9.84. The molecule has 0 spiro atoms. The summed E-state index contributed by atoms with van der Waals surface area (Å²) in [7, 11) is 0. The molecule has 1 aromatic carbocycles. The van der Waals surface area contributed by atoms with Crippen LogP contribution in [0.4, 0.5) is 0 Å². The predicted molar refractivity (Wildman–Crippen MR) is 95.3 cm³/mol. The summed E-state index contributed by atoms with van der Waals surface area (Å²) in [6, 6.07) is 8.41. The molecule has 2 rings (SSSR count). The van der Waals surface area contributed by atoms with Gasteiger partial charge in [0.25, 0.3) is 0 Å². The Hall–Kier alpha value is -1.79. The van der Waals surface area contributed by atoms with E-state index in [0.717, 1.165) is 25.8 Å². The van der Waals surface area contributed by atoms with Crippen LogP contribution < -0.4 is 5.32 Å². The first-order valence-electron chi connectivity index (χ1n) is 8.46. The number of hydrogen-bond acceptors (Lipinski definition) is 2. The first kappa shape index (κ1) is 17.6. The molecule has 23 heavy (non-hydrogen) atoms. The predicted octanol–water partition coefficient (Wildman–Crippen LogP) is 2.88. The summed E-state index contributed by atoms with van der Waals surface area (Å²) in [5, 5.41) is 3.15. The van der Waals surface area contributed by atoms with Gasteiger partial charge in [-0.05, 0) is 31.9 Å². The molecule has 1 aliphatic heterocycles. The van der Waals surface area contributed by atoms with Crippen molar-refractivity contribution in [3.8, 4) is 12.3 Å². The van der Waals surface area contributed by atoms with E-state index in [1.165, 1.54) is 11.1 Å². The van der Waals surface area contributed by atoms with Gasteiger partial charge in [-0.2, -0.15) is 0 Å². The number of aryl methyl sites for hydroxylation is 1. The molecule has 0 bridgehead atoms. The van der Waals surface area contributed by atoms with Crippen LogP contribution in [0.15, 0.2) is 24.3 Å². The summed E-state index contributed by atoms with van der Waals surface area (Å²) in [6.07, 6.45) is 8.56. The Bertz CT molecular complexity index is 586. The van der Waals surface area contributed by atoms with Gasteiger partial charge in [0.05, 0.1) is 12.6 Å². The van der Waals surface area contributed by atoms with Crippen LogP contribution in [0.1, 0.15) is 44.2 Å². The Morgan fingerprint density at radius 1 is 1.43 bits per heavy atom. The zero-order valence-corrected chi connectivity index (χ0v) is 14.6. The van der Waals surface area contributed by atoms with E-state index in [0.29, 0.717) is 13.1 Å². The first-order chi connectivity index (χ1) is 10.9. The lowest BCUT2D eigenvalue weighted by molar-refractivity contribution is -0.127. The van der Waals surface area contributed by atoms with Gasteiger partial charge in [0, 0.05) is 12.0 Å². The Morgan fingerprint density at radius 3 is 2.91 bits per heavy atom. The number of terminal acetylenes is 1. The number of amides is 1. The van der Waals surface area contributed by atoms with E-state index in [4.69, 9.17) is 6.42 Å². The van der Waals surface area contributed by atoms with E-state index in [9.17, 15) is 4.79 Å². The molecule has 1 saturated heterocycles. The largest absolute Gasteiger partial charge is 0.354 e. The SMILES string of the molecule is C#CCN1CCCCC1C(=O)NCC(C)(C)c1cccc(C)c1. The molecule has 0 radical (unpaired) electrons. The molecule has 0 saturated carbocycles. The lowest BCUT2D eigenvalue weighted by Gasteiger charge is -2.34. The molecule has 1 amide bonds. The Balaban J connectivity index is 1.98. The zero-order chi connectivity index (χ0) is 16.9. The molecular formula is C20H28N2O. The lowest BCUT2D eigenvalue weighted by Crippen LogP contribution is -2.51. The fourth-order valence-electron chi connectivity index (χ4n) is 3.19. The summed E-state index contributed by atoms with van der Waals surface area (Å²) < 4.78 is 0. The minimum atomic E-state index is -0.0900. The minimum absolute atomic E-state index is 0.0758. The van der Waals surface area contributed by atoms with Crippen LogP contribution in [0.2, 0.25) is 0 Å². The molecule has 1 atom stereocenters. The van der Waals surface area contributed by atoms with Crippen LogP contribution in [0.5, 0.6) is 0 Å². The molecule has 0 aromatic heterocycles. The molecule has 1 aromatic rings. The van der Waals surface area contributed by atoms with E-state index in [-0.39, 0.29) is 17.4 Å². The van der Waals surface area contributed by atoms with Gasteiger partial charge in [0.15, 0.2) is 0 Å². The monoisotopic (exact) mass is 312 g/mol. The molecule has 3 nitrogen and oxygen atoms in total. The first-order valence-corrected chi connectivity index (χ1v) is 8.46. The average Bonchev–Trinajstić information content (AvgIpc) is 2.53. The van der Waals surface area contributed by atoms with E-state index in [1.54, 1.807) is 0 Å². The van der Waals surface area contributed by atoms with Crippen molar-refractivity contribution in [1.82, 2.24) is 10.2 Å². The maximum Gasteiger partial charge on any atom is 0.237 e. The van der Waals surface area contributed by atoms with Crippen molar-refractivity contribution in [2.45, 2.75) is 51.5 Å². The Kier molecular flexibility index (Phi) is 5.85. The van der Waals surface area contributed by atoms with E-state index in [1.807, 2.05) is 0 Å². The van der Waals surface area contributed by atoms with Crippen molar-refractivity contribution >= 4 is 5.91 Å². The van der Waals surface area contributed by atoms with Gasteiger partial charge in [-0.15, -0.1) is 6.42 Å². The number of carbonyl (C=O) groups is 1. The zero-order valence-electron chi connectivity index (χ0n) is 14.6. The summed E-state index contributed by atoms with van der Waals surface area (Å²) in [5.74, 6) is 2.78. The Labute approximate surface area is 140 Å². The molecule has 1 fully saturated rings. The van der Waals surface area contributed by atoms with Gasteiger partial charge in [-0.25, -0.2) is 0 Å². The number of piperidine rings is 1. The number of rotatable bonds is 5. The van der Waals surface area contributed by atoms with Crippen molar-refractivity contribution < 1.29 is 4.79 Å². The third-order valence-corrected chi connectivity index (χ3v) is 4.71. The smallest absolute Gasteiger partial charge is 0.237 e. The number of likely N-dealkylation sites (tertiary alicyclic amines) is 1. The molecule has 1 aliphatic rings. The highest BCUT2D eigenvalue weighted by atomic mass is 16.2. The number of benzene rings is 1. The second kappa shape index (κ2) is 7.66. The minimum Gasteiger partial charge on any atom is -0.354 e. The van der Waals surface area contributed by atoms with Gasteiger partial charge in [-0.3, -0.25) is 9.69 Å². The van der Waals surface area contributed by atoms with Crippen LogP contribution in [-0.2, 0) is 10.2 Å². The quantitative estimate of drug-likeness (QED) is 0.848. The van der Waals surface area contributed by atoms with Crippen LogP contribution in [0.3, 0.4) is 0 Å². The van der Waals surface area contributed by atoms with Crippen molar-refractivity contribution in [2.24, 2.45) is 0 Å². The van der Waals surface area contributed by atoms with Gasteiger partial charge < -0.3 is 5.32 Å². The summed E-state index contributed by atoms with van der Waals surface area (Å²) in [4.78, 5) is 14.7. The highest BCUT2D eigenvalue weighted by molar-refractivity contribution is 5.82. The van der Waals surface area contributed by atoms with Crippen LogP contribution in [0.25, 0.3) is 0 Å². The average molecular weight is 312 g/mol. The van der Waals surface area contributed by atoms with Gasteiger partial charge in [0.2, 0.25) is 5.91 Å². The topological polar surface area (TPSA) is 32.3 Å². The molecule has 1 heterocycles. The highest BCUT2D eigenvalue weighted by Gasteiger charge is 2.29. The van der Waals surface area contributed by atoms with Crippen LogP contribution in [0, 0.1) is 19.3 Å². The number of nitrogens with one attached hydrogen (secondary N) is 1. The summed E-state index contributed by atoms with van der Waals surface area (Å²) >= 11 is 0. The third kappa shape index (κ3) is 4.59. The van der Waals surface area contributed by atoms with E-state index in [2.05, 4.69) is 61.2 Å². The van der Waals surface area contributed by atoms with Crippen molar-refractivity contribution in [3.63, 3.8) is 0 Å².